The molecule has 5 nitrogen and oxygen atoms in total. The third-order valence-electron chi connectivity index (χ3n) is 4.59. The molecule has 0 radical (unpaired) electrons. The summed E-state index contributed by atoms with van der Waals surface area (Å²) >= 11 is 0. The molecule has 126 valence electrons. The fourth-order valence-corrected chi connectivity index (χ4v) is 2.78. The Kier molecular flexibility index (Phi) is 6.16. The summed E-state index contributed by atoms with van der Waals surface area (Å²) in [6, 6.07) is 7.43. The number of hydrogen-bond acceptors (Lipinski definition) is 3. The Morgan fingerprint density at radius 3 is 2.61 bits per heavy atom. The smallest absolute Gasteiger partial charge is 0.227 e. The van der Waals surface area contributed by atoms with Gasteiger partial charge in [-0.3, -0.25) is 9.59 Å². The number of hydrogen-bond donors (Lipinski definition) is 3. The van der Waals surface area contributed by atoms with Gasteiger partial charge in [0, 0.05) is 30.1 Å². The molecule has 2 unspecified atom stereocenters. The summed E-state index contributed by atoms with van der Waals surface area (Å²) in [7, 11) is 0. The molecule has 4 N–H and O–H groups in total. The lowest BCUT2D eigenvalue weighted by molar-refractivity contribution is -0.125. The van der Waals surface area contributed by atoms with Crippen LogP contribution in [0.2, 0.25) is 0 Å². The first-order valence-corrected chi connectivity index (χ1v) is 8.40. The van der Waals surface area contributed by atoms with Crippen LogP contribution >= 0.6 is 0 Å². The van der Waals surface area contributed by atoms with Crippen LogP contribution in [-0.4, -0.2) is 17.9 Å². The molecule has 1 saturated carbocycles. The van der Waals surface area contributed by atoms with Gasteiger partial charge < -0.3 is 16.4 Å². The summed E-state index contributed by atoms with van der Waals surface area (Å²) in [5, 5.41) is 5.87. The van der Waals surface area contributed by atoms with E-state index in [1.165, 1.54) is 0 Å². The fraction of sp³-hybridized carbons (Fsp3) is 0.556. The van der Waals surface area contributed by atoms with E-state index < -0.39 is 0 Å². The molecular weight excluding hydrogens is 290 g/mol. The van der Waals surface area contributed by atoms with Crippen molar-refractivity contribution in [3.8, 4) is 0 Å². The molecule has 2 atom stereocenters. The molecule has 0 aromatic heterocycles. The molecule has 1 aliphatic carbocycles. The van der Waals surface area contributed by atoms with Crippen molar-refractivity contribution in [3.63, 3.8) is 0 Å². The largest absolute Gasteiger partial charge is 0.352 e. The Morgan fingerprint density at radius 2 is 1.96 bits per heavy atom. The first-order chi connectivity index (χ1) is 11.0. The second-order valence-electron chi connectivity index (χ2n) is 6.54. The van der Waals surface area contributed by atoms with E-state index in [0.717, 1.165) is 36.9 Å². The number of carbonyl (C=O) groups is 2. The zero-order valence-electron chi connectivity index (χ0n) is 14.0. The quantitative estimate of drug-likeness (QED) is 0.753. The van der Waals surface area contributed by atoms with Crippen molar-refractivity contribution >= 4 is 17.5 Å². The maximum atomic E-state index is 12.2. The van der Waals surface area contributed by atoms with Crippen molar-refractivity contribution in [1.82, 2.24) is 5.32 Å². The monoisotopic (exact) mass is 317 g/mol. The number of benzene rings is 1. The van der Waals surface area contributed by atoms with E-state index in [1.54, 1.807) is 0 Å². The molecule has 0 spiro atoms. The molecule has 1 aliphatic rings. The maximum absolute atomic E-state index is 12.2. The lowest BCUT2D eigenvalue weighted by Crippen LogP contribution is -2.38. The average molecular weight is 317 g/mol. The Morgan fingerprint density at radius 1 is 1.26 bits per heavy atom. The number of rotatable bonds is 6. The lowest BCUT2D eigenvalue weighted by Gasteiger charge is -2.16. The van der Waals surface area contributed by atoms with Gasteiger partial charge in [-0.2, -0.15) is 0 Å². The highest BCUT2D eigenvalue weighted by atomic mass is 16.2. The number of carbonyl (C=O) groups excluding carboxylic acids is 2. The first kappa shape index (κ1) is 17.5. The molecule has 1 aromatic rings. The van der Waals surface area contributed by atoms with E-state index in [-0.39, 0.29) is 29.7 Å². The highest BCUT2D eigenvalue weighted by Crippen LogP contribution is 2.26. The highest BCUT2D eigenvalue weighted by molar-refractivity contribution is 5.92. The van der Waals surface area contributed by atoms with Crippen LogP contribution in [0, 0.1) is 11.8 Å². The van der Waals surface area contributed by atoms with Crippen LogP contribution in [0.4, 0.5) is 5.69 Å². The summed E-state index contributed by atoms with van der Waals surface area (Å²) < 4.78 is 0. The molecule has 1 fully saturated rings. The van der Waals surface area contributed by atoms with Gasteiger partial charge in [0.05, 0.1) is 0 Å². The third kappa shape index (κ3) is 5.06. The van der Waals surface area contributed by atoms with Gasteiger partial charge in [0.1, 0.15) is 0 Å². The number of nitrogens with two attached hydrogens (primary N) is 1. The van der Waals surface area contributed by atoms with E-state index in [9.17, 15) is 9.59 Å². The number of anilines is 1. The second-order valence-corrected chi connectivity index (χ2v) is 6.54. The highest BCUT2D eigenvalue weighted by Gasteiger charge is 2.22. The van der Waals surface area contributed by atoms with Crippen LogP contribution in [0.1, 0.15) is 45.1 Å². The summed E-state index contributed by atoms with van der Waals surface area (Å²) in [4.78, 5) is 24.1. The minimum Gasteiger partial charge on any atom is -0.352 e. The van der Waals surface area contributed by atoms with Crippen LogP contribution in [0.3, 0.4) is 0 Å². The molecule has 0 aliphatic heterocycles. The van der Waals surface area contributed by atoms with Crippen LogP contribution in [-0.2, 0) is 16.1 Å². The van der Waals surface area contributed by atoms with Gasteiger partial charge in [0.25, 0.3) is 0 Å². The van der Waals surface area contributed by atoms with Gasteiger partial charge in [-0.25, -0.2) is 0 Å². The van der Waals surface area contributed by atoms with Gasteiger partial charge in [-0.1, -0.05) is 31.9 Å². The van der Waals surface area contributed by atoms with Crippen molar-refractivity contribution in [2.45, 2.75) is 52.1 Å². The SMILES string of the molecule is CC(N)C(C)C(=O)NCc1cccc(NC(=O)C2CCCC2)c1. The predicted molar refractivity (Wildman–Crippen MR) is 91.7 cm³/mol. The first-order valence-electron chi connectivity index (χ1n) is 8.40. The van der Waals surface area contributed by atoms with Crippen molar-refractivity contribution in [2.75, 3.05) is 5.32 Å². The molecule has 5 heteroatoms. The Hall–Kier alpha value is -1.88. The topological polar surface area (TPSA) is 84.2 Å². The lowest BCUT2D eigenvalue weighted by atomic mass is 10.0. The van der Waals surface area contributed by atoms with Crippen molar-refractivity contribution in [2.24, 2.45) is 17.6 Å². The standard InChI is InChI=1S/C18H27N3O2/c1-12(13(2)19)17(22)20-11-14-6-5-9-16(10-14)21-18(23)15-7-3-4-8-15/h5-6,9-10,12-13,15H,3-4,7-8,11,19H2,1-2H3,(H,20,22)(H,21,23). The van der Waals surface area contributed by atoms with Crippen LogP contribution in [0.5, 0.6) is 0 Å². The summed E-state index contributed by atoms with van der Waals surface area (Å²) in [6.07, 6.45) is 4.25. The molecule has 0 bridgehead atoms. The van der Waals surface area contributed by atoms with E-state index in [1.807, 2.05) is 38.1 Å². The minimum absolute atomic E-state index is 0.0552. The summed E-state index contributed by atoms with van der Waals surface area (Å²) in [6.45, 7) is 4.07. The van der Waals surface area contributed by atoms with Gasteiger partial charge in [-0.05, 0) is 37.5 Å². The van der Waals surface area contributed by atoms with Crippen molar-refractivity contribution < 1.29 is 9.59 Å². The van der Waals surface area contributed by atoms with E-state index in [4.69, 9.17) is 5.73 Å². The van der Waals surface area contributed by atoms with Gasteiger partial charge in [0.2, 0.25) is 11.8 Å². The van der Waals surface area contributed by atoms with Crippen LogP contribution in [0.15, 0.2) is 24.3 Å². The van der Waals surface area contributed by atoms with Gasteiger partial charge in [-0.15, -0.1) is 0 Å². The predicted octanol–water partition coefficient (Wildman–Crippen LogP) is 2.41. The molecule has 0 saturated heterocycles. The average Bonchev–Trinajstić information content (AvgIpc) is 3.06. The Labute approximate surface area is 138 Å². The number of amides is 2. The summed E-state index contributed by atoms with van der Waals surface area (Å²) in [5.74, 6) is -0.0276. The number of nitrogens with one attached hydrogen (secondary N) is 2. The van der Waals surface area contributed by atoms with E-state index >= 15 is 0 Å². The molecule has 2 rings (SSSR count). The zero-order valence-corrected chi connectivity index (χ0v) is 14.0. The fourth-order valence-electron chi connectivity index (χ4n) is 2.78. The normalized spacial score (nSPS) is 17.5. The van der Waals surface area contributed by atoms with Crippen molar-refractivity contribution in [3.05, 3.63) is 29.8 Å². The molecule has 0 heterocycles. The van der Waals surface area contributed by atoms with Crippen molar-refractivity contribution in [1.29, 1.82) is 0 Å². The van der Waals surface area contributed by atoms with E-state index in [2.05, 4.69) is 10.6 Å². The summed E-state index contributed by atoms with van der Waals surface area (Å²) in [5.41, 5.74) is 7.48. The minimum atomic E-state index is -0.222. The Balaban J connectivity index is 1.89. The van der Waals surface area contributed by atoms with Crippen LogP contribution in [0.25, 0.3) is 0 Å². The van der Waals surface area contributed by atoms with Gasteiger partial charge >= 0.3 is 0 Å². The zero-order chi connectivity index (χ0) is 16.8. The Bertz CT molecular complexity index is 551. The second kappa shape index (κ2) is 8.11. The molecular formula is C18H27N3O2. The van der Waals surface area contributed by atoms with Crippen LogP contribution < -0.4 is 16.4 Å². The van der Waals surface area contributed by atoms with E-state index in [0.29, 0.717) is 6.54 Å². The maximum Gasteiger partial charge on any atom is 0.227 e. The molecule has 1 aromatic carbocycles. The molecule has 23 heavy (non-hydrogen) atoms. The van der Waals surface area contributed by atoms with Gasteiger partial charge in [0.15, 0.2) is 0 Å². The molecule has 2 amide bonds. The third-order valence-corrected chi connectivity index (χ3v) is 4.59.